The summed E-state index contributed by atoms with van der Waals surface area (Å²) in [5.41, 5.74) is 5.37. The molecular weight excluding hydrogens is 882 g/mol. The average molecular weight is 988 g/mol. The summed E-state index contributed by atoms with van der Waals surface area (Å²) in [6.45, 7) is 3.63. The molecule has 10 heteroatoms. The Balaban J connectivity index is 3.81. The first kappa shape index (κ1) is 66.5. The van der Waals surface area contributed by atoms with E-state index < -0.39 is 26.5 Å². The minimum absolute atomic E-state index is 0.0539. The van der Waals surface area contributed by atoms with Gasteiger partial charge in [0.25, 0.3) is 0 Å². The van der Waals surface area contributed by atoms with Crippen LogP contribution in [0.5, 0.6) is 0 Å². The molecule has 0 bridgehead atoms. The lowest BCUT2D eigenvalue weighted by Crippen LogP contribution is -2.29. The van der Waals surface area contributed by atoms with E-state index >= 15 is 0 Å². The van der Waals surface area contributed by atoms with Crippen molar-refractivity contribution in [2.24, 2.45) is 5.73 Å². The fraction of sp³-hybridized carbons (Fsp3) is 0.763. The van der Waals surface area contributed by atoms with E-state index in [0.29, 0.717) is 6.42 Å². The molecule has 0 saturated carbocycles. The van der Waals surface area contributed by atoms with Gasteiger partial charge in [-0.1, -0.05) is 254 Å². The second-order valence-corrected chi connectivity index (χ2v) is 20.2. The van der Waals surface area contributed by atoms with Crippen LogP contribution >= 0.6 is 7.82 Å². The Labute approximate surface area is 424 Å². The second kappa shape index (κ2) is 54.8. The van der Waals surface area contributed by atoms with Crippen molar-refractivity contribution < 1.29 is 37.6 Å². The van der Waals surface area contributed by atoms with Gasteiger partial charge in [0.05, 0.1) is 13.2 Å². The van der Waals surface area contributed by atoms with E-state index in [-0.39, 0.29) is 38.6 Å². The van der Waals surface area contributed by atoms with Crippen molar-refractivity contribution in [1.29, 1.82) is 0 Å². The maximum atomic E-state index is 12.7. The summed E-state index contributed by atoms with van der Waals surface area (Å²) in [5, 5.41) is 0. The SMILES string of the molecule is CC/C=C\C/C=C\C/C=C\C/C=C\C/C=C\C/C=C\CCCCCCCCCCCCCCCCCCCCC(=O)OC(COC(=O)CCCCCCCCCCCCC)COP(=O)(O)OCCN. The van der Waals surface area contributed by atoms with Gasteiger partial charge in [-0.3, -0.25) is 18.6 Å². The minimum atomic E-state index is -4.38. The van der Waals surface area contributed by atoms with E-state index in [0.717, 1.165) is 77.0 Å². The smallest absolute Gasteiger partial charge is 0.462 e. The van der Waals surface area contributed by atoms with Gasteiger partial charge >= 0.3 is 19.8 Å². The predicted molar refractivity (Wildman–Crippen MR) is 293 cm³/mol. The first-order chi connectivity index (χ1) is 33.8. The lowest BCUT2D eigenvalue weighted by Gasteiger charge is -2.19. The number of nitrogens with two attached hydrogens (primary N) is 1. The summed E-state index contributed by atoms with van der Waals surface area (Å²) in [7, 11) is -4.38. The molecule has 2 unspecified atom stereocenters. The number of carbonyl (C=O) groups is 2. The summed E-state index contributed by atoms with van der Waals surface area (Å²) in [5.74, 6) is -0.821. The fourth-order valence-corrected chi connectivity index (χ4v) is 8.70. The third-order valence-corrected chi connectivity index (χ3v) is 13.1. The Hall–Kier alpha value is -2.55. The number of allylic oxidation sites excluding steroid dienone is 12. The highest BCUT2D eigenvalue weighted by Crippen LogP contribution is 2.43. The number of phosphoric acid groups is 1. The number of rotatable bonds is 53. The molecule has 0 rings (SSSR count). The largest absolute Gasteiger partial charge is 0.472 e. The number of phosphoric ester groups is 1. The molecule has 0 heterocycles. The molecule has 0 aromatic carbocycles. The Bertz CT molecular complexity index is 1360. The van der Waals surface area contributed by atoms with Crippen molar-refractivity contribution in [2.45, 2.75) is 264 Å². The van der Waals surface area contributed by atoms with Crippen LogP contribution in [0.3, 0.4) is 0 Å². The molecule has 69 heavy (non-hydrogen) atoms. The van der Waals surface area contributed by atoms with Crippen LogP contribution in [0.25, 0.3) is 0 Å². The molecule has 400 valence electrons. The molecule has 0 radical (unpaired) electrons. The minimum Gasteiger partial charge on any atom is -0.462 e. The van der Waals surface area contributed by atoms with E-state index in [9.17, 15) is 19.0 Å². The molecule has 0 aliphatic heterocycles. The first-order valence-corrected chi connectivity index (χ1v) is 29.9. The summed E-state index contributed by atoms with van der Waals surface area (Å²) in [6.07, 6.45) is 69.8. The molecule has 0 fully saturated rings. The number of hydrogen-bond acceptors (Lipinski definition) is 8. The van der Waals surface area contributed by atoms with Crippen LogP contribution in [-0.4, -0.2) is 49.3 Å². The summed E-state index contributed by atoms with van der Waals surface area (Å²) in [4.78, 5) is 35.0. The topological polar surface area (TPSA) is 134 Å². The maximum Gasteiger partial charge on any atom is 0.472 e. The highest BCUT2D eigenvalue weighted by atomic mass is 31.2. The van der Waals surface area contributed by atoms with Gasteiger partial charge in [0, 0.05) is 19.4 Å². The van der Waals surface area contributed by atoms with Crippen LogP contribution in [-0.2, 0) is 32.7 Å². The first-order valence-electron chi connectivity index (χ1n) is 28.4. The number of carbonyl (C=O) groups excluding carboxylic acids is 2. The lowest BCUT2D eigenvalue weighted by atomic mass is 10.0. The summed E-state index contributed by atoms with van der Waals surface area (Å²) < 4.78 is 32.9. The van der Waals surface area contributed by atoms with E-state index in [1.54, 1.807) is 0 Å². The van der Waals surface area contributed by atoms with Crippen molar-refractivity contribution >= 4 is 19.8 Å². The monoisotopic (exact) mass is 988 g/mol. The third kappa shape index (κ3) is 54.6. The molecule has 0 aliphatic rings. The summed E-state index contributed by atoms with van der Waals surface area (Å²) >= 11 is 0. The van der Waals surface area contributed by atoms with Crippen LogP contribution < -0.4 is 5.73 Å². The van der Waals surface area contributed by atoms with Crippen molar-refractivity contribution in [3.8, 4) is 0 Å². The molecule has 0 spiro atoms. The molecular formula is C59H106NO8P. The quantitative estimate of drug-likeness (QED) is 0.0264. The number of hydrogen-bond donors (Lipinski definition) is 2. The molecule has 9 nitrogen and oxygen atoms in total. The fourth-order valence-electron chi connectivity index (χ4n) is 7.93. The Morgan fingerprint density at radius 2 is 0.797 bits per heavy atom. The Kier molecular flexibility index (Phi) is 52.8. The predicted octanol–water partition coefficient (Wildman–Crippen LogP) is 17.7. The van der Waals surface area contributed by atoms with E-state index in [1.807, 2.05) is 0 Å². The van der Waals surface area contributed by atoms with Crippen LogP contribution in [0.4, 0.5) is 0 Å². The van der Waals surface area contributed by atoms with Crippen molar-refractivity contribution in [3.05, 3.63) is 72.9 Å². The van der Waals surface area contributed by atoms with E-state index in [1.165, 1.54) is 148 Å². The molecule has 3 N–H and O–H groups in total. The van der Waals surface area contributed by atoms with Crippen LogP contribution in [0.1, 0.15) is 258 Å². The van der Waals surface area contributed by atoms with Gasteiger partial charge in [-0.05, 0) is 64.2 Å². The number of ether oxygens (including phenoxy) is 2. The molecule has 2 atom stereocenters. The third-order valence-electron chi connectivity index (χ3n) is 12.1. The zero-order valence-electron chi connectivity index (χ0n) is 44.5. The number of unbranched alkanes of at least 4 members (excludes halogenated alkanes) is 28. The van der Waals surface area contributed by atoms with Crippen molar-refractivity contribution in [3.63, 3.8) is 0 Å². The Morgan fingerprint density at radius 3 is 1.19 bits per heavy atom. The number of esters is 2. The maximum absolute atomic E-state index is 12.7. The Morgan fingerprint density at radius 1 is 0.449 bits per heavy atom. The average Bonchev–Trinajstić information content (AvgIpc) is 3.34. The molecule has 0 aromatic heterocycles. The van der Waals surface area contributed by atoms with Crippen molar-refractivity contribution in [2.75, 3.05) is 26.4 Å². The highest BCUT2D eigenvalue weighted by molar-refractivity contribution is 7.47. The molecule has 0 saturated heterocycles. The van der Waals surface area contributed by atoms with Gasteiger partial charge in [-0.25, -0.2) is 4.57 Å². The lowest BCUT2D eigenvalue weighted by molar-refractivity contribution is -0.161. The zero-order valence-corrected chi connectivity index (χ0v) is 45.4. The van der Waals surface area contributed by atoms with Gasteiger partial charge < -0.3 is 20.1 Å². The van der Waals surface area contributed by atoms with Crippen molar-refractivity contribution in [1.82, 2.24) is 0 Å². The molecule has 0 aromatic rings. The van der Waals surface area contributed by atoms with Gasteiger partial charge in [-0.15, -0.1) is 0 Å². The second-order valence-electron chi connectivity index (χ2n) is 18.8. The summed E-state index contributed by atoms with van der Waals surface area (Å²) in [6, 6.07) is 0. The normalized spacial score (nSPS) is 13.6. The highest BCUT2D eigenvalue weighted by Gasteiger charge is 2.26. The van der Waals surface area contributed by atoms with Gasteiger partial charge in [-0.2, -0.15) is 0 Å². The molecule has 0 aliphatic carbocycles. The van der Waals surface area contributed by atoms with E-state index in [4.69, 9.17) is 24.3 Å². The van der Waals surface area contributed by atoms with Gasteiger partial charge in [0.2, 0.25) is 0 Å². The van der Waals surface area contributed by atoms with E-state index in [2.05, 4.69) is 86.8 Å². The zero-order chi connectivity index (χ0) is 50.2. The van der Waals surface area contributed by atoms with Crippen LogP contribution in [0.15, 0.2) is 72.9 Å². The van der Waals surface area contributed by atoms with Gasteiger partial charge in [0.15, 0.2) is 6.10 Å². The van der Waals surface area contributed by atoms with Crippen LogP contribution in [0, 0.1) is 0 Å². The standard InChI is InChI=1S/C59H106NO8P/c1-3-5-7-9-11-13-15-16-17-18-19-20-21-22-23-24-25-26-27-28-29-30-31-32-33-34-35-36-37-38-39-40-42-44-46-48-50-52-59(62)68-57(56-67-69(63,64)66-54-53-60)55-65-58(61)51-49-47-45-43-41-14-12-10-8-6-4-2/h5,7,11,13,16-17,19-20,22-23,25-26,57H,3-4,6,8-10,12,14-15,18,21,24,27-56,60H2,1-2H3,(H,63,64)/b7-5-,13-11-,17-16-,20-19-,23-22-,26-25-. The molecule has 0 amide bonds. The van der Waals surface area contributed by atoms with Crippen LogP contribution in [0.2, 0.25) is 0 Å². The van der Waals surface area contributed by atoms with Gasteiger partial charge in [0.1, 0.15) is 6.61 Å².